The number of phenolic OH excluding ortho intramolecular Hbond substituents is 1. The van der Waals surface area contributed by atoms with Gasteiger partial charge in [-0.2, -0.15) is 0 Å². The smallest absolute Gasteiger partial charge is 0.313 e. The molecule has 0 amide bonds. The zero-order valence-corrected chi connectivity index (χ0v) is 12.5. The summed E-state index contributed by atoms with van der Waals surface area (Å²) in [6, 6.07) is 1.60. The summed E-state index contributed by atoms with van der Waals surface area (Å²) in [5.41, 5.74) is 0.517. The molecular formula is C15H20FN3O3. The van der Waals surface area contributed by atoms with E-state index in [0.717, 1.165) is 37.8 Å². The van der Waals surface area contributed by atoms with Gasteiger partial charge in [0.25, 0.3) is 0 Å². The molecule has 1 aliphatic heterocycles. The number of aromatic hydroxyl groups is 1. The number of benzene rings is 1. The third-order valence-electron chi connectivity index (χ3n) is 3.77. The van der Waals surface area contributed by atoms with Crippen LogP contribution in [0.15, 0.2) is 24.3 Å². The number of rotatable bonds is 5. The van der Waals surface area contributed by atoms with Crippen molar-refractivity contribution in [3.63, 3.8) is 0 Å². The van der Waals surface area contributed by atoms with Crippen molar-refractivity contribution in [1.82, 2.24) is 10.2 Å². The van der Waals surface area contributed by atoms with Gasteiger partial charge in [-0.15, -0.1) is 6.58 Å². The molecule has 0 aromatic heterocycles. The number of nitro benzene ring substituents is 1. The highest BCUT2D eigenvalue weighted by molar-refractivity contribution is 5.52. The molecule has 6 nitrogen and oxygen atoms in total. The summed E-state index contributed by atoms with van der Waals surface area (Å²) in [5.74, 6) is -1.18. The molecule has 0 unspecified atom stereocenters. The van der Waals surface area contributed by atoms with E-state index in [2.05, 4.69) is 16.8 Å². The van der Waals surface area contributed by atoms with E-state index >= 15 is 0 Å². The summed E-state index contributed by atoms with van der Waals surface area (Å²) in [5, 5.41) is 24.4. The van der Waals surface area contributed by atoms with Crippen LogP contribution in [0.5, 0.6) is 5.75 Å². The van der Waals surface area contributed by atoms with Gasteiger partial charge in [-0.1, -0.05) is 5.57 Å². The predicted octanol–water partition coefficient (Wildman–Crippen LogP) is 2.35. The average Bonchev–Trinajstić information content (AvgIpc) is 2.47. The van der Waals surface area contributed by atoms with Gasteiger partial charge in [0.1, 0.15) is 5.82 Å². The maximum absolute atomic E-state index is 13.8. The van der Waals surface area contributed by atoms with Crippen molar-refractivity contribution in [2.24, 2.45) is 0 Å². The number of hydrogen-bond acceptors (Lipinski definition) is 5. The molecule has 1 saturated heterocycles. The molecule has 0 saturated carbocycles. The minimum Gasteiger partial charge on any atom is -0.502 e. The first kappa shape index (κ1) is 16.4. The first-order valence-electron chi connectivity index (χ1n) is 7.16. The van der Waals surface area contributed by atoms with E-state index in [1.54, 1.807) is 0 Å². The Labute approximate surface area is 128 Å². The summed E-state index contributed by atoms with van der Waals surface area (Å²) < 4.78 is 13.8. The Morgan fingerprint density at radius 1 is 1.55 bits per heavy atom. The fraction of sp³-hybridized carbons (Fsp3) is 0.467. The summed E-state index contributed by atoms with van der Waals surface area (Å²) >= 11 is 0. The number of hydrogen-bond donors (Lipinski definition) is 2. The molecule has 7 heteroatoms. The lowest BCUT2D eigenvalue weighted by Crippen LogP contribution is -2.45. The molecule has 1 atom stereocenters. The standard InChI is InChI=1S/C15H20FN3O3/c1-10(2)7-13(18-5-3-17-4-6-18)12-8-11(16)9-14(15(12)20)19(21)22/h8-9,13,17,20H,1,3-7H2,2H3/t13-/m1/s1. The number of phenols is 1. The largest absolute Gasteiger partial charge is 0.502 e. The van der Waals surface area contributed by atoms with Crippen molar-refractivity contribution in [3.05, 3.63) is 45.8 Å². The van der Waals surface area contributed by atoms with Gasteiger partial charge >= 0.3 is 5.69 Å². The fourth-order valence-corrected chi connectivity index (χ4v) is 2.76. The highest BCUT2D eigenvalue weighted by atomic mass is 19.1. The molecule has 1 aromatic carbocycles. The molecule has 2 rings (SSSR count). The van der Waals surface area contributed by atoms with Crippen LogP contribution in [0.4, 0.5) is 10.1 Å². The van der Waals surface area contributed by atoms with Crippen LogP contribution in [0, 0.1) is 15.9 Å². The minimum absolute atomic E-state index is 0.247. The number of halogens is 1. The van der Waals surface area contributed by atoms with E-state index in [9.17, 15) is 19.6 Å². The van der Waals surface area contributed by atoms with Crippen molar-refractivity contribution in [2.45, 2.75) is 19.4 Å². The molecule has 0 bridgehead atoms. The van der Waals surface area contributed by atoms with Crippen molar-refractivity contribution in [2.75, 3.05) is 26.2 Å². The first-order valence-corrected chi connectivity index (χ1v) is 7.16. The van der Waals surface area contributed by atoms with Crippen molar-refractivity contribution >= 4 is 5.69 Å². The van der Waals surface area contributed by atoms with Crippen molar-refractivity contribution < 1.29 is 14.4 Å². The van der Waals surface area contributed by atoms with Gasteiger partial charge in [0.05, 0.1) is 11.0 Å². The fourth-order valence-electron chi connectivity index (χ4n) is 2.76. The lowest BCUT2D eigenvalue weighted by atomic mass is 9.96. The molecule has 2 N–H and O–H groups in total. The summed E-state index contributed by atoms with van der Waals surface area (Å²) in [6.07, 6.45) is 0.508. The van der Waals surface area contributed by atoms with E-state index in [0.29, 0.717) is 6.42 Å². The lowest BCUT2D eigenvalue weighted by molar-refractivity contribution is -0.386. The number of nitrogens with one attached hydrogen (secondary N) is 1. The van der Waals surface area contributed by atoms with Crippen LogP contribution >= 0.6 is 0 Å². The van der Waals surface area contributed by atoms with Crippen LogP contribution < -0.4 is 5.32 Å². The Balaban J connectivity index is 2.46. The van der Waals surface area contributed by atoms with E-state index in [4.69, 9.17) is 0 Å². The second kappa shape index (κ2) is 6.85. The molecule has 1 aliphatic rings. The summed E-state index contributed by atoms with van der Waals surface area (Å²) in [6.45, 7) is 8.73. The Kier molecular flexibility index (Phi) is 5.10. The molecule has 1 heterocycles. The first-order chi connectivity index (χ1) is 10.4. The van der Waals surface area contributed by atoms with Crippen LogP contribution in [0.3, 0.4) is 0 Å². The zero-order chi connectivity index (χ0) is 16.3. The molecule has 22 heavy (non-hydrogen) atoms. The van der Waals surface area contributed by atoms with Gasteiger partial charge in [-0.25, -0.2) is 4.39 Å². The SMILES string of the molecule is C=C(C)C[C@H](c1cc(F)cc([N+](=O)[O-])c1O)N1CCNCC1. The van der Waals surface area contributed by atoms with Crippen LogP contribution in [0.25, 0.3) is 0 Å². The molecule has 1 fully saturated rings. The normalized spacial score (nSPS) is 17.2. The average molecular weight is 309 g/mol. The van der Waals surface area contributed by atoms with E-state index in [1.807, 2.05) is 6.92 Å². The molecule has 0 aliphatic carbocycles. The third kappa shape index (κ3) is 3.61. The Morgan fingerprint density at radius 2 is 2.18 bits per heavy atom. The number of piperazine rings is 1. The van der Waals surface area contributed by atoms with Gasteiger partial charge in [0.2, 0.25) is 0 Å². The Bertz CT molecular complexity index is 586. The quantitative estimate of drug-likeness (QED) is 0.496. The number of nitrogens with zero attached hydrogens (tertiary/aromatic N) is 2. The van der Waals surface area contributed by atoms with Gasteiger partial charge in [0, 0.05) is 37.8 Å². The summed E-state index contributed by atoms with van der Waals surface area (Å²) in [7, 11) is 0. The lowest BCUT2D eigenvalue weighted by Gasteiger charge is -2.35. The van der Waals surface area contributed by atoms with Crippen molar-refractivity contribution in [1.29, 1.82) is 0 Å². The second-order valence-electron chi connectivity index (χ2n) is 5.58. The Morgan fingerprint density at radius 3 is 2.73 bits per heavy atom. The highest BCUT2D eigenvalue weighted by Crippen LogP contribution is 2.39. The topological polar surface area (TPSA) is 78.6 Å². The number of nitro groups is 1. The molecule has 1 aromatic rings. The minimum atomic E-state index is -0.766. The van der Waals surface area contributed by atoms with Crippen LogP contribution in [-0.2, 0) is 0 Å². The molecular weight excluding hydrogens is 289 g/mol. The summed E-state index contributed by atoms with van der Waals surface area (Å²) in [4.78, 5) is 12.3. The van der Waals surface area contributed by atoms with Gasteiger partial charge < -0.3 is 10.4 Å². The third-order valence-corrected chi connectivity index (χ3v) is 3.77. The predicted molar refractivity (Wildman–Crippen MR) is 81.3 cm³/mol. The maximum Gasteiger partial charge on any atom is 0.313 e. The van der Waals surface area contributed by atoms with Gasteiger partial charge in [-0.3, -0.25) is 15.0 Å². The van der Waals surface area contributed by atoms with Crippen molar-refractivity contribution in [3.8, 4) is 5.75 Å². The van der Waals surface area contributed by atoms with Crippen LogP contribution in [-0.4, -0.2) is 41.1 Å². The molecule has 120 valence electrons. The maximum atomic E-state index is 13.8. The zero-order valence-electron chi connectivity index (χ0n) is 12.5. The van der Waals surface area contributed by atoms with Gasteiger partial charge in [0.15, 0.2) is 5.75 Å². The van der Waals surface area contributed by atoms with E-state index in [-0.39, 0.29) is 11.6 Å². The van der Waals surface area contributed by atoms with Crippen LogP contribution in [0.2, 0.25) is 0 Å². The monoisotopic (exact) mass is 309 g/mol. The molecule has 0 radical (unpaired) electrons. The van der Waals surface area contributed by atoms with Gasteiger partial charge in [-0.05, 0) is 19.4 Å². The van der Waals surface area contributed by atoms with E-state index < -0.39 is 22.2 Å². The Hall–Kier alpha value is -1.99. The molecule has 0 spiro atoms. The van der Waals surface area contributed by atoms with Crippen LogP contribution in [0.1, 0.15) is 24.9 Å². The van der Waals surface area contributed by atoms with E-state index in [1.165, 1.54) is 6.07 Å². The highest BCUT2D eigenvalue weighted by Gasteiger charge is 2.29. The second-order valence-corrected chi connectivity index (χ2v) is 5.58.